The van der Waals surface area contributed by atoms with Crippen LogP contribution < -0.4 is 4.74 Å². The van der Waals surface area contributed by atoms with Crippen LogP contribution in [0.15, 0.2) is 12.1 Å². The van der Waals surface area contributed by atoms with Crippen LogP contribution in [0.2, 0.25) is 0 Å². The fourth-order valence-electron chi connectivity index (χ4n) is 6.28. The molecule has 2 unspecified atom stereocenters. The third-order valence-corrected chi connectivity index (χ3v) is 8.15. The molecule has 1 heterocycles. The van der Waals surface area contributed by atoms with Gasteiger partial charge in [0.15, 0.2) is 0 Å². The van der Waals surface area contributed by atoms with Crippen molar-refractivity contribution >= 4 is 11.9 Å². The summed E-state index contributed by atoms with van der Waals surface area (Å²) in [5, 5.41) is 9.22. The normalized spacial score (nSPS) is 29.3. The molecule has 1 aromatic carbocycles. The van der Waals surface area contributed by atoms with E-state index in [1.54, 1.807) is 6.07 Å². The zero-order valence-electron chi connectivity index (χ0n) is 18.7. The topological polar surface area (TPSA) is 66.8 Å². The number of benzene rings is 1. The largest absolute Gasteiger partial charge is 0.493 e. The van der Waals surface area contributed by atoms with Crippen LogP contribution in [0.4, 0.5) is 4.39 Å². The zero-order chi connectivity index (χ0) is 22.2. The van der Waals surface area contributed by atoms with Crippen molar-refractivity contribution in [2.45, 2.75) is 82.6 Å². The molecule has 6 heteroatoms. The number of ether oxygens (including phenoxy) is 1. The number of carboxylic acid groups (broad SMARTS) is 1. The van der Waals surface area contributed by atoms with E-state index in [1.807, 2.05) is 0 Å². The molecule has 3 aliphatic carbocycles. The molecular formula is C26H34FNO4. The van der Waals surface area contributed by atoms with Crippen LogP contribution in [0.25, 0.3) is 0 Å². The van der Waals surface area contributed by atoms with Gasteiger partial charge >= 0.3 is 5.97 Å². The molecule has 0 radical (unpaired) electrons. The Morgan fingerprint density at radius 1 is 1.06 bits per heavy atom. The number of carbonyl (C=O) groups excluding carboxylic acids is 1. The number of amides is 1. The van der Waals surface area contributed by atoms with E-state index in [0.717, 1.165) is 42.6 Å². The molecule has 32 heavy (non-hydrogen) atoms. The summed E-state index contributed by atoms with van der Waals surface area (Å²) in [6.45, 7) is 0.931. The highest BCUT2D eigenvalue weighted by Gasteiger charge is 2.39. The second kappa shape index (κ2) is 9.03. The second-order valence-electron chi connectivity index (χ2n) is 10.5. The van der Waals surface area contributed by atoms with Crippen LogP contribution >= 0.6 is 0 Å². The molecule has 4 fully saturated rings. The summed E-state index contributed by atoms with van der Waals surface area (Å²) in [5.41, 5.74) is 0.869. The quantitative estimate of drug-likeness (QED) is 0.548. The Morgan fingerprint density at radius 2 is 1.81 bits per heavy atom. The first-order valence-corrected chi connectivity index (χ1v) is 12.5. The summed E-state index contributed by atoms with van der Waals surface area (Å²) >= 11 is 0. The lowest BCUT2D eigenvalue weighted by Gasteiger charge is -2.39. The Hall–Kier alpha value is -2.11. The molecule has 4 aliphatic rings. The zero-order valence-corrected chi connectivity index (χ0v) is 18.7. The minimum absolute atomic E-state index is 0.0288. The first kappa shape index (κ1) is 21.7. The van der Waals surface area contributed by atoms with E-state index < -0.39 is 23.7 Å². The average molecular weight is 444 g/mol. The van der Waals surface area contributed by atoms with Gasteiger partial charge in [0.05, 0.1) is 12.2 Å². The van der Waals surface area contributed by atoms with Crippen molar-refractivity contribution in [3.8, 4) is 5.75 Å². The van der Waals surface area contributed by atoms with E-state index >= 15 is 0 Å². The lowest BCUT2D eigenvalue weighted by atomic mass is 9.67. The van der Waals surface area contributed by atoms with Gasteiger partial charge in [-0.1, -0.05) is 19.3 Å². The van der Waals surface area contributed by atoms with Crippen LogP contribution in [-0.2, 0) is 4.79 Å². The van der Waals surface area contributed by atoms with E-state index in [4.69, 9.17) is 4.74 Å². The predicted molar refractivity (Wildman–Crippen MR) is 118 cm³/mol. The molecule has 0 aromatic heterocycles. The molecule has 1 N–H and O–H groups in total. The molecule has 2 bridgehead atoms. The van der Waals surface area contributed by atoms with Gasteiger partial charge in [-0.3, -0.25) is 4.79 Å². The van der Waals surface area contributed by atoms with Gasteiger partial charge < -0.3 is 14.7 Å². The van der Waals surface area contributed by atoms with Gasteiger partial charge in [-0.15, -0.1) is 0 Å². The summed E-state index contributed by atoms with van der Waals surface area (Å²) < 4.78 is 20.9. The van der Waals surface area contributed by atoms with Crippen molar-refractivity contribution in [2.24, 2.45) is 17.8 Å². The predicted octanol–water partition coefficient (Wildman–Crippen LogP) is 5.38. The lowest BCUT2D eigenvalue weighted by Crippen LogP contribution is -2.55. The Balaban J connectivity index is 1.20. The smallest absolute Gasteiger partial charge is 0.326 e. The number of carbonyl (C=O) groups is 2. The van der Waals surface area contributed by atoms with Crippen LogP contribution in [-0.4, -0.2) is 41.1 Å². The maximum atomic E-state index is 14.9. The number of rotatable bonds is 8. The number of likely N-dealkylation sites (tertiary alicyclic amines) is 1. The van der Waals surface area contributed by atoms with Crippen molar-refractivity contribution in [1.29, 1.82) is 0 Å². The van der Waals surface area contributed by atoms with E-state index in [2.05, 4.69) is 0 Å². The van der Waals surface area contributed by atoms with Crippen LogP contribution in [0.3, 0.4) is 0 Å². The van der Waals surface area contributed by atoms with Crippen LogP contribution in [0.1, 0.15) is 92.5 Å². The Kier molecular flexibility index (Phi) is 6.13. The molecule has 3 saturated carbocycles. The molecule has 174 valence electrons. The van der Waals surface area contributed by atoms with Gasteiger partial charge in [-0.25, -0.2) is 9.18 Å². The van der Waals surface area contributed by atoms with Gasteiger partial charge in [-0.2, -0.15) is 0 Å². The van der Waals surface area contributed by atoms with E-state index in [-0.39, 0.29) is 5.56 Å². The van der Waals surface area contributed by atoms with Crippen molar-refractivity contribution in [3.05, 3.63) is 29.1 Å². The summed E-state index contributed by atoms with van der Waals surface area (Å²) in [6.07, 6.45) is 13.0. The molecule has 5 nitrogen and oxygen atoms in total. The van der Waals surface area contributed by atoms with Gasteiger partial charge in [0.2, 0.25) is 0 Å². The average Bonchev–Trinajstić information content (AvgIpc) is 3.55. The number of nitrogens with zero attached hydrogens (tertiary/aromatic N) is 1. The number of hydrogen-bond donors (Lipinski definition) is 1. The molecule has 0 spiro atoms. The van der Waals surface area contributed by atoms with Gasteiger partial charge in [0.1, 0.15) is 17.6 Å². The minimum Gasteiger partial charge on any atom is -0.493 e. The first-order chi connectivity index (χ1) is 15.5. The molecule has 1 aliphatic heterocycles. The third kappa shape index (κ3) is 4.51. The third-order valence-electron chi connectivity index (χ3n) is 8.15. The van der Waals surface area contributed by atoms with Crippen molar-refractivity contribution < 1.29 is 23.8 Å². The van der Waals surface area contributed by atoms with Crippen LogP contribution in [0, 0.1) is 23.6 Å². The van der Waals surface area contributed by atoms with Crippen molar-refractivity contribution in [3.63, 3.8) is 0 Å². The van der Waals surface area contributed by atoms with Crippen molar-refractivity contribution in [2.75, 3.05) is 13.2 Å². The Labute approximate surface area is 189 Å². The lowest BCUT2D eigenvalue weighted by molar-refractivity contribution is -0.146. The fraction of sp³-hybridized carbons (Fsp3) is 0.692. The highest BCUT2D eigenvalue weighted by molar-refractivity contribution is 5.98. The number of hydrogen-bond acceptors (Lipinski definition) is 3. The maximum Gasteiger partial charge on any atom is 0.326 e. The van der Waals surface area contributed by atoms with Gasteiger partial charge in [-0.05, 0) is 86.7 Å². The highest BCUT2D eigenvalue weighted by Crippen LogP contribution is 2.46. The second-order valence-corrected chi connectivity index (χ2v) is 10.5. The fourth-order valence-corrected chi connectivity index (χ4v) is 6.28. The number of halogens is 1. The highest BCUT2D eigenvalue weighted by atomic mass is 19.1. The Bertz CT molecular complexity index is 871. The summed E-state index contributed by atoms with van der Waals surface area (Å²) in [4.78, 5) is 25.3. The van der Waals surface area contributed by atoms with E-state index in [9.17, 15) is 19.1 Å². The van der Waals surface area contributed by atoms with Gasteiger partial charge in [0, 0.05) is 12.6 Å². The monoisotopic (exact) mass is 443 g/mol. The number of carboxylic acids is 1. The van der Waals surface area contributed by atoms with Crippen LogP contribution in [0.5, 0.6) is 5.75 Å². The molecule has 5 rings (SSSR count). The maximum absolute atomic E-state index is 14.9. The van der Waals surface area contributed by atoms with Crippen molar-refractivity contribution in [1.82, 2.24) is 4.90 Å². The Morgan fingerprint density at radius 3 is 2.44 bits per heavy atom. The molecule has 1 saturated heterocycles. The number of aliphatic carboxylic acids is 1. The van der Waals surface area contributed by atoms with Gasteiger partial charge in [0.25, 0.3) is 5.91 Å². The molecular weight excluding hydrogens is 409 g/mol. The van der Waals surface area contributed by atoms with E-state index in [1.165, 1.54) is 55.9 Å². The SMILES string of the molecule is O=C(O)[C@@H]1CCN1C(=O)c1cc(C2CC2)c(OCCCC2CC3CCCC(C2)C3)cc1F. The standard InChI is InChI=1S/C26H34FNO4/c27-22-15-24(32-10-2-5-18-12-16-3-1-4-17(11-16)13-18)20(19-6-7-19)14-21(22)25(29)28-9-8-23(28)26(30)31/h14-19,23H,1-13H2,(H,30,31)/t16?,17?,18?,23-/m0/s1. The number of fused-ring (bicyclic) bond motifs is 2. The molecule has 3 atom stereocenters. The van der Waals surface area contributed by atoms with E-state index in [0.29, 0.717) is 31.2 Å². The summed E-state index contributed by atoms with van der Waals surface area (Å²) in [6, 6.07) is 2.12. The summed E-state index contributed by atoms with van der Waals surface area (Å²) in [5.74, 6) is 1.35. The summed E-state index contributed by atoms with van der Waals surface area (Å²) in [7, 11) is 0. The first-order valence-electron chi connectivity index (χ1n) is 12.5. The minimum atomic E-state index is -1.03. The molecule has 1 amide bonds. The molecule has 1 aromatic rings.